The van der Waals surface area contributed by atoms with E-state index >= 15 is 0 Å². The molecule has 0 atom stereocenters. The van der Waals surface area contributed by atoms with Crippen LogP contribution in [-0.4, -0.2) is 27.4 Å². The molecule has 24 heavy (non-hydrogen) atoms. The van der Waals surface area contributed by atoms with Crippen LogP contribution in [0.4, 0.5) is 5.69 Å². The lowest BCUT2D eigenvalue weighted by Crippen LogP contribution is -2.20. The highest BCUT2D eigenvalue weighted by molar-refractivity contribution is 6.36. The molecule has 0 unspecified atom stereocenters. The number of nitrogen functional groups attached to an aromatic ring is 1. The number of halogens is 2. The molecular formula is C18H18Cl2N4. The second-order valence-electron chi connectivity index (χ2n) is 6.21. The topological polar surface area (TPSA) is 46.6 Å². The number of imidazole rings is 1. The van der Waals surface area contributed by atoms with Crippen LogP contribution in [0.1, 0.15) is 18.5 Å². The minimum Gasteiger partial charge on any atom is -0.398 e. The first-order valence-corrected chi connectivity index (χ1v) is 8.81. The lowest BCUT2D eigenvalue weighted by atomic mass is 10.1. The number of aromatic nitrogens is 2. The van der Waals surface area contributed by atoms with Gasteiger partial charge in [-0.1, -0.05) is 23.2 Å². The van der Waals surface area contributed by atoms with E-state index in [9.17, 15) is 0 Å². The van der Waals surface area contributed by atoms with E-state index in [-0.39, 0.29) is 0 Å². The van der Waals surface area contributed by atoms with Gasteiger partial charge in [-0.3, -0.25) is 4.90 Å². The third kappa shape index (κ3) is 2.86. The Morgan fingerprint density at radius 2 is 1.88 bits per heavy atom. The Balaban J connectivity index is 1.89. The van der Waals surface area contributed by atoms with Crippen molar-refractivity contribution in [3.8, 4) is 11.3 Å². The molecule has 124 valence electrons. The van der Waals surface area contributed by atoms with E-state index in [2.05, 4.69) is 9.30 Å². The molecular weight excluding hydrogens is 343 g/mol. The van der Waals surface area contributed by atoms with E-state index in [0.29, 0.717) is 10.0 Å². The predicted octanol–water partition coefficient (Wildman–Crippen LogP) is 4.49. The van der Waals surface area contributed by atoms with Crippen LogP contribution >= 0.6 is 23.2 Å². The summed E-state index contributed by atoms with van der Waals surface area (Å²) in [4.78, 5) is 7.25. The van der Waals surface area contributed by atoms with Gasteiger partial charge in [0.15, 0.2) is 0 Å². The summed E-state index contributed by atoms with van der Waals surface area (Å²) < 4.78 is 2.08. The van der Waals surface area contributed by atoms with Crippen molar-refractivity contribution in [2.45, 2.75) is 19.4 Å². The van der Waals surface area contributed by atoms with Gasteiger partial charge in [-0.2, -0.15) is 0 Å². The highest BCUT2D eigenvalue weighted by Gasteiger charge is 2.20. The molecule has 1 aliphatic rings. The zero-order valence-corrected chi connectivity index (χ0v) is 14.7. The van der Waals surface area contributed by atoms with Crippen LogP contribution in [0, 0.1) is 0 Å². The van der Waals surface area contributed by atoms with E-state index in [0.717, 1.165) is 47.9 Å². The molecule has 4 rings (SSSR count). The van der Waals surface area contributed by atoms with Gasteiger partial charge in [0.25, 0.3) is 0 Å². The molecule has 1 saturated heterocycles. The van der Waals surface area contributed by atoms with E-state index < -0.39 is 0 Å². The summed E-state index contributed by atoms with van der Waals surface area (Å²) in [5.74, 6) is 0. The van der Waals surface area contributed by atoms with Crippen molar-refractivity contribution in [2.75, 3.05) is 18.8 Å². The minimum absolute atomic E-state index is 0.613. The summed E-state index contributed by atoms with van der Waals surface area (Å²) in [7, 11) is 0. The van der Waals surface area contributed by atoms with Gasteiger partial charge in [0.2, 0.25) is 0 Å². The number of nitrogens with two attached hydrogens (primary N) is 1. The van der Waals surface area contributed by atoms with Crippen molar-refractivity contribution < 1.29 is 0 Å². The molecule has 3 heterocycles. The minimum atomic E-state index is 0.613. The van der Waals surface area contributed by atoms with Gasteiger partial charge in [-0.25, -0.2) is 4.98 Å². The number of likely N-dealkylation sites (tertiary alicyclic amines) is 1. The molecule has 6 heteroatoms. The second-order valence-corrected chi connectivity index (χ2v) is 7.05. The Labute approximate surface area is 150 Å². The summed E-state index contributed by atoms with van der Waals surface area (Å²) >= 11 is 12.5. The van der Waals surface area contributed by atoms with E-state index in [1.807, 2.05) is 30.5 Å². The fraction of sp³-hybridized carbons (Fsp3) is 0.278. The molecule has 0 radical (unpaired) electrons. The van der Waals surface area contributed by atoms with Crippen molar-refractivity contribution in [1.29, 1.82) is 0 Å². The maximum Gasteiger partial charge on any atom is 0.137 e. The Bertz CT molecular complexity index is 897. The third-order valence-electron chi connectivity index (χ3n) is 4.50. The molecule has 0 spiro atoms. The molecule has 1 aliphatic heterocycles. The standard InChI is InChI=1S/C18H18Cl2N4/c19-12-3-5-14(15(20)9-12)18-16(11-23-7-1-2-8-23)24-10-13(21)4-6-17(24)22-18/h3-6,9-10H,1-2,7-8,11,21H2. The zero-order chi connectivity index (χ0) is 16.7. The number of fused-ring (bicyclic) bond motifs is 1. The molecule has 1 aromatic carbocycles. The molecule has 2 aromatic heterocycles. The number of anilines is 1. The predicted molar refractivity (Wildman–Crippen MR) is 99.6 cm³/mol. The number of hydrogen-bond donors (Lipinski definition) is 1. The van der Waals surface area contributed by atoms with Gasteiger partial charge in [0.1, 0.15) is 5.65 Å². The molecule has 0 saturated carbocycles. The Hall–Kier alpha value is -1.75. The van der Waals surface area contributed by atoms with Crippen molar-refractivity contribution in [1.82, 2.24) is 14.3 Å². The average Bonchev–Trinajstić information content (AvgIpc) is 3.17. The van der Waals surface area contributed by atoms with Gasteiger partial charge in [0.05, 0.1) is 16.4 Å². The van der Waals surface area contributed by atoms with Crippen molar-refractivity contribution in [2.24, 2.45) is 0 Å². The number of benzene rings is 1. The summed E-state index contributed by atoms with van der Waals surface area (Å²) in [6.07, 6.45) is 4.42. The number of nitrogens with zero attached hydrogens (tertiary/aromatic N) is 3. The van der Waals surface area contributed by atoms with Gasteiger partial charge in [-0.15, -0.1) is 0 Å². The molecule has 1 fully saturated rings. The maximum atomic E-state index is 6.44. The third-order valence-corrected chi connectivity index (χ3v) is 5.05. The number of rotatable bonds is 3. The SMILES string of the molecule is Nc1ccc2nc(-c3ccc(Cl)cc3Cl)c(CN3CCCC3)n2c1. The fourth-order valence-corrected chi connectivity index (χ4v) is 3.81. The monoisotopic (exact) mass is 360 g/mol. The van der Waals surface area contributed by atoms with Crippen LogP contribution in [0.25, 0.3) is 16.9 Å². The second kappa shape index (κ2) is 6.28. The van der Waals surface area contributed by atoms with Gasteiger partial charge >= 0.3 is 0 Å². The zero-order valence-electron chi connectivity index (χ0n) is 13.2. The highest BCUT2D eigenvalue weighted by Crippen LogP contribution is 2.33. The molecule has 4 nitrogen and oxygen atoms in total. The lowest BCUT2D eigenvalue weighted by Gasteiger charge is -2.16. The maximum absolute atomic E-state index is 6.44. The van der Waals surface area contributed by atoms with E-state index in [1.54, 1.807) is 6.07 Å². The Morgan fingerprint density at radius 1 is 1.08 bits per heavy atom. The quantitative estimate of drug-likeness (QED) is 0.748. The van der Waals surface area contributed by atoms with Gasteiger partial charge < -0.3 is 10.1 Å². The normalized spacial score (nSPS) is 15.4. The molecule has 3 aromatic rings. The number of hydrogen-bond acceptors (Lipinski definition) is 3. The van der Waals surface area contributed by atoms with Crippen molar-refractivity contribution >= 4 is 34.5 Å². The fourth-order valence-electron chi connectivity index (χ4n) is 3.31. The summed E-state index contributed by atoms with van der Waals surface area (Å²) in [6.45, 7) is 3.06. The lowest BCUT2D eigenvalue weighted by molar-refractivity contribution is 0.327. The summed E-state index contributed by atoms with van der Waals surface area (Å²) in [6, 6.07) is 9.35. The highest BCUT2D eigenvalue weighted by atomic mass is 35.5. The van der Waals surface area contributed by atoms with Crippen molar-refractivity contribution in [3.05, 3.63) is 52.3 Å². The summed E-state index contributed by atoms with van der Waals surface area (Å²) in [5.41, 5.74) is 10.5. The smallest absolute Gasteiger partial charge is 0.137 e. The van der Waals surface area contributed by atoms with Crippen LogP contribution < -0.4 is 5.73 Å². The van der Waals surface area contributed by atoms with Crippen LogP contribution in [0.15, 0.2) is 36.5 Å². The Morgan fingerprint density at radius 3 is 2.62 bits per heavy atom. The molecule has 0 amide bonds. The molecule has 2 N–H and O–H groups in total. The van der Waals surface area contributed by atoms with E-state index in [1.165, 1.54) is 12.8 Å². The average molecular weight is 361 g/mol. The summed E-state index contributed by atoms with van der Waals surface area (Å²) in [5, 5.41) is 1.24. The Kier molecular flexibility index (Phi) is 4.12. The largest absolute Gasteiger partial charge is 0.398 e. The van der Waals surface area contributed by atoms with Crippen molar-refractivity contribution in [3.63, 3.8) is 0 Å². The van der Waals surface area contributed by atoms with Crippen LogP contribution in [0.2, 0.25) is 10.0 Å². The molecule has 0 aliphatic carbocycles. The first kappa shape index (κ1) is 15.8. The first-order valence-electron chi connectivity index (χ1n) is 8.06. The van der Waals surface area contributed by atoms with E-state index in [4.69, 9.17) is 33.9 Å². The van der Waals surface area contributed by atoms with Crippen LogP contribution in [0.5, 0.6) is 0 Å². The van der Waals surface area contributed by atoms with Gasteiger partial charge in [0, 0.05) is 29.0 Å². The van der Waals surface area contributed by atoms with Gasteiger partial charge in [-0.05, 0) is 56.3 Å². The number of pyridine rings is 1. The van der Waals surface area contributed by atoms with Crippen LogP contribution in [0.3, 0.4) is 0 Å². The molecule has 0 bridgehead atoms. The van der Waals surface area contributed by atoms with Crippen LogP contribution in [-0.2, 0) is 6.54 Å². The first-order chi connectivity index (χ1) is 11.6.